The first-order valence-electron chi connectivity index (χ1n) is 6.80. The molecule has 6 heteroatoms. The van der Waals surface area contributed by atoms with Gasteiger partial charge in [0.1, 0.15) is 0 Å². The molecule has 0 bridgehead atoms. The molecule has 2 atom stereocenters. The highest BCUT2D eigenvalue weighted by molar-refractivity contribution is 5.80. The molecule has 2 fully saturated rings. The number of nitrogens with one attached hydrogen (secondary N) is 1. The van der Waals surface area contributed by atoms with Crippen molar-refractivity contribution in [2.45, 2.75) is 56.9 Å². The van der Waals surface area contributed by atoms with Crippen LogP contribution in [0, 0.1) is 11.8 Å². The van der Waals surface area contributed by atoms with Crippen molar-refractivity contribution in [1.29, 1.82) is 0 Å². The smallest absolute Gasteiger partial charge is 0.308 e. The first kappa shape index (κ1) is 14.2. The summed E-state index contributed by atoms with van der Waals surface area (Å²) in [7, 11) is 0. The van der Waals surface area contributed by atoms with Gasteiger partial charge >= 0.3 is 5.97 Å². The molecule has 0 aromatic carbocycles. The maximum absolute atomic E-state index is 13.0. The average Bonchev–Trinajstić information content (AvgIpc) is 2.77. The summed E-state index contributed by atoms with van der Waals surface area (Å²) in [5.41, 5.74) is 0. The number of rotatable bonds is 3. The molecule has 2 unspecified atom stereocenters. The fraction of sp³-hybridized carbons (Fsp3) is 0.846. The van der Waals surface area contributed by atoms with E-state index in [4.69, 9.17) is 5.11 Å². The van der Waals surface area contributed by atoms with Crippen LogP contribution < -0.4 is 5.32 Å². The predicted octanol–water partition coefficient (Wildman–Crippen LogP) is 2.18. The van der Waals surface area contributed by atoms with Gasteiger partial charge in [0.2, 0.25) is 11.8 Å². The second-order valence-corrected chi connectivity index (χ2v) is 5.62. The summed E-state index contributed by atoms with van der Waals surface area (Å²) in [4.78, 5) is 23.0. The van der Waals surface area contributed by atoms with Crippen molar-refractivity contribution in [2.75, 3.05) is 0 Å². The van der Waals surface area contributed by atoms with Gasteiger partial charge in [0.25, 0.3) is 0 Å². The van der Waals surface area contributed by atoms with Gasteiger partial charge in [-0.1, -0.05) is 6.42 Å². The maximum atomic E-state index is 13.0. The third kappa shape index (κ3) is 3.42. The van der Waals surface area contributed by atoms with Crippen LogP contribution in [-0.4, -0.2) is 28.9 Å². The van der Waals surface area contributed by atoms with Gasteiger partial charge in [0, 0.05) is 24.8 Å². The number of alkyl halides is 2. The molecule has 2 aliphatic rings. The molecule has 0 aromatic heterocycles. The Hall–Kier alpha value is -1.20. The third-order valence-electron chi connectivity index (χ3n) is 4.25. The van der Waals surface area contributed by atoms with E-state index in [0.29, 0.717) is 12.8 Å². The Labute approximate surface area is 110 Å². The summed E-state index contributed by atoms with van der Waals surface area (Å²) < 4.78 is 26.0. The standard InChI is InChI=1S/C13H19F2NO3/c14-13(15)6-4-8(5-7-13)11(17)16-10-3-1-2-9(10)12(18)19/h8-10H,1-7H2,(H,16,17)(H,18,19). The lowest BCUT2D eigenvalue weighted by molar-refractivity contribution is -0.142. The van der Waals surface area contributed by atoms with Crippen LogP contribution in [0.1, 0.15) is 44.9 Å². The zero-order valence-corrected chi connectivity index (χ0v) is 10.7. The molecule has 4 nitrogen and oxygen atoms in total. The van der Waals surface area contributed by atoms with E-state index in [9.17, 15) is 18.4 Å². The van der Waals surface area contributed by atoms with Gasteiger partial charge in [-0.05, 0) is 25.7 Å². The molecule has 0 aliphatic heterocycles. The summed E-state index contributed by atoms with van der Waals surface area (Å²) in [5, 5.41) is 11.8. The minimum atomic E-state index is -2.65. The lowest BCUT2D eigenvalue weighted by Crippen LogP contribution is -2.44. The van der Waals surface area contributed by atoms with Gasteiger partial charge in [0.05, 0.1) is 5.92 Å². The van der Waals surface area contributed by atoms with Crippen LogP contribution in [-0.2, 0) is 9.59 Å². The summed E-state index contributed by atoms with van der Waals surface area (Å²) in [5.74, 6) is -4.72. The molecule has 0 saturated heterocycles. The van der Waals surface area contributed by atoms with E-state index in [0.717, 1.165) is 6.42 Å². The Kier molecular flexibility index (Phi) is 4.06. The Bertz CT molecular complexity index is 363. The normalized spacial score (nSPS) is 31.1. The van der Waals surface area contributed by atoms with Crippen molar-refractivity contribution in [1.82, 2.24) is 5.32 Å². The number of amides is 1. The minimum Gasteiger partial charge on any atom is -0.481 e. The Morgan fingerprint density at radius 2 is 1.74 bits per heavy atom. The van der Waals surface area contributed by atoms with Crippen LogP contribution >= 0.6 is 0 Å². The quantitative estimate of drug-likeness (QED) is 0.829. The molecule has 0 aromatic rings. The van der Waals surface area contributed by atoms with Gasteiger partial charge in [-0.15, -0.1) is 0 Å². The molecular formula is C13H19F2NO3. The van der Waals surface area contributed by atoms with Crippen LogP contribution in [0.15, 0.2) is 0 Å². The Morgan fingerprint density at radius 1 is 1.11 bits per heavy atom. The maximum Gasteiger partial charge on any atom is 0.308 e. The van der Waals surface area contributed by atoms with Crippen LogP contribution in [0.3, 0.4) is 0 Å². The molecule has 1 amide bonds. The Balaban J connectivity index is 1.86. The lowest BCUT2D eigenvalue weighted by Gasteiger charge is -2.29. The largest absolute Gasteiger partial charge is 0.481 e. The van der Waals surface area contributed by atoms with Crippen molar-refractivity contribution in [3.63, 3.8) is 0 Å². The monoisotopic (exact) mass is 275 g/mol. The summed E-state index contributed by atoms with van der Waals surface area (Å²) >= 11 is 0. The van der Waals surface area contributed by atoms with Gasteiger partial charge in [-0.3, -0.25) is 9.59 Å². The van der Waals surface area contributed by atoms with Gasteiger partial charge < -0.3 is 10.4 Å². The van der Waals surface area contributed by atoms with Gasteiger partial charge in [-0.25, -0.2) is 8.78 Å². The van der Waals surface area contributed by atoms with Crippen molar-refractivity contribution < 1.29 is 23.5 Å². The fourth-order valence-electron chi connectivity index (χ4n) is 3.03. The van der Waals surface area contributed by atoms with E-state index in [1.807, 2.05) is 0 Å². The van der Waals surface area contributed by atoms with E-state index in [1.165, 1.54) is 0 Å². The number of hydrogen-bond donors (Lipinski definition) is 2. The van der Waals surface area contributed by atoms with Gasteiger partial charge in [0.15, 0.2) is 0 Å². The van der Waals surface area contributed by atoms with Crippen LogP contribution in [0.5, 0.6) is 0 Å². The van der Waals surface area contributed by atoms with Crippen LogP contribution in [0.4, 0.5) is 8.78 Å². The highest BCUT2D eigenvalue weighted by atomic mass is 19.3. The average molecular weight is 275 g/mol. The number of carboxylic acids is 1. The zero-order chi connectivity index (χ0) is 14.0. The fourth-order valence-corrected chi connectivity index (χ4v) is 3.03. The number of aliphatic carboxylic acids is 1. The number of halogens is 2. The second kappa shape index (κ2) is 5.43. The topological polar surface area (TPSA) is 66.4 Å². The third-order valence-corrected chi connectivity index (χ3v) is 4.25. The molecule has 2 aliphatic carbocycles. The highest BCUT2D eigenvalue weighted by Gasteiger charge is 2.39. The Morgan fingerprint density at radius 3 is 2.32 bits per heavy atom. The van der Waals surface area contributed by atoms with Gasteiger partial charge in [-0.2, -0.15) is 0 Å². The summed E-state index contributed by atoms with van der Waals surface area (Å²) in [6, 6.07) is -0.340. The van der Waals surface area contributed by atoms with E-state index in [1.54, 1.807) is 0 Å². The zero-order valence-electron chi connectivity index (χ0n) is 10.7. The van der Waals surface area contributed by atoms with Crippen molar-refractivity contribution in [3.8, 4) is 0 Å². The lowest BCUT2D eigenvalue weighted by atomic mass is 9.86. The molecule has 2 saturated carbocycles. The van der Waals surface area contributed by atoms with Crippen LogP contribution in [0.2, 0.25) is 0 Å². The van der Waals surface area contributed by atoms with E-state index < -0.39 is 23.7 Å². The van der Waals surface area contributed by atoms with Crippen molar-refractivity contribution >= 4 is 11.9 Å². The molecule has 0 heterocycles. The molecule has 0 radical (unpaired) electrons. The predicted molar refractivity (Wildman–Crippen MR) is 63.8 cm³/mol. The molecule has 0 spiro atoms. The molecule has 2 rings (SSSR count). The summed E-state index contributed by atoms with van der Waals surface area (Å²) in [6.07, 6.45) is 1.88. The van der Waals surface area contributed by atoms with Crippen molar-refractivity contribution in [3.05, 3.63) is 0 Å². The minimum absolute atomic E-state index is 0.184. The van der Waals surface area contributed by atoms with E-state index in [2.05, 4.69) is 5.32 Å². The number of hydrogen-bond acceptors (Lipinski definition) is 2. The highest BCUT2D eigenvalue weighted by Crippen LogP contribution is 2.36. The number of carbonyl (C=O) groups is 2. The SMILES string of the molecule is O=C(NC1CCCC1C(=O)O)C1CCC(F)(F)CC1. The van der Waals surface area contributed by atoms with E-state index >= 15 is 0 Å². The molecule has 2 N–H and O–H groups in total. The first-order valence-corrected chi connectivity index (χ1v) is 6.80. The van der Waals surface area contributed by atoms with E-state index in [-0.39, 0.29) is 37.6 Å². The van der Waals surface area contributed by atoms with Crippen LogP contribution in [0.25, 0.3) is 0 Å². The molecule has 19 heavy (non-hydrogen) atoms. The molecular weight excluding hydrogens is 256 g/mol. The molecule has 108 valence electrons. The van der Waals surface area contributed by atoms with Crippen molar-refractivity contribution in [2.24, 2.45) is 11.8 Å². The summed E-state index contributed by atoms with van der Waals surface area (Å²) in [6.45, 7) is 0. The first-order chi connectivity index (χ1) is 8.89. The number of carboxylic acid groups (broad SMARTS) is 1. The second-order valence-electron chi connectivity index (χ2n) is 5.62. The number of carbonyl (C=O) groups excluding carboxylic acids is 1.